The Labute approximate surface area is 171 Å². The number of aliphatic hydroxyl groups is 1. The lowest BCUT2D eigenvalue weighted by atomic mass is 9.98. The molecule has 0 radical (unpaired) electrons. The zero-order valence-electron chi connectivity index (χ0n) is 14.9. The van der Waals surface area contributed by atoms with Crippen LogP contribution in [0, 0.1) is 12.3 Å². The summed E-state index contributed by atoms with van der Waals surface area (Å²) in [6.07, 6.45) is -0.324. The number of hydrogen-bond donors (Lipinski definition) is 6. The van der Waals surface area contributed by atoms with Crippen LogP contribution in [0.3, 0.4) is 0 Å². The van der Waals surface area contributed by atoms with E-state index in [4.69, 9.17) is 31.6 Å². The molecule has 0 bridgehead atoms. The number of nitrogens with two attached hydrogens (primary N) is 1. The van der Waals surface area contributed by atoms with E-state index in [1.807, 2.05) is 0 Å². The molecule has 6 atom stereocenters. The molecule has 0 spiro atoms. The molecule has 16 nitrogen and oxygen atoms in total. The van der Waals surface area contributed by atoms with E-state index in [1.54, 1.807) is 5.92 Å². The summed E-state index contributed by atoms with van der Waals surface area (Å²) in [5, 5.41) is 10.1. The Hall–Kier alpha value is -1.50. The van der Waals surface area contributed by atoms with Gasteiger partial charge >= 0.3 is 29.2 Å². The van der Waals surface area contributed by atoms with Crippen LogP contribution in [0.15, 0.2) is 17.1 Å². The first-order valence-corrected chi connectivity index (χ1v) is 12.1. The van der Waals surface area contributed by atoms with E-state index >= 15 is 0 Å². The lowest BCUT2D eigenvalue weighted by molar-refractivity contribution is -0.0905. The van der Waals surface area contributed by atoms with E-state index < -0.39 is 59.9 Å². The molecule has 1 aliphatic rings. The molecule has 1 aromatic heterocycles. The van der Waals surface area contributed by atoms with Gasteiger partial charge < -0.3 is 35.2 Å². The molecule has 1 aliphatic heterocycles. The van der Waals surface area contributed by atoms with Gasteiger partial charge in [0.05, 0.1) is 0 Å². The van der Waals surface area contributed by atoms with Gasteiger partial charge in [-0.15, -0.1) is 6.42 Å². The summed E-state index contributed by atoms with van der Waals surface area (Å²) < 4.78 is 65.4. The highest BCUT2D eigenvalue weighted by atomic mass is 31.3. The monoisotopic (exact) mass is 509 g/mol. The average molecular weight is 509 g/mol. The lowest BCUT2D eigenvalue weighted by Crippen LogP contribution is -2.44. The summed E-state index contributed by atoms with van der Waals surface area (Å²) in [7, 11) is -17.1. The van der Waals surface area contributed by atoms with E-state index in [0.717, 1.165) is 12.3 Å². The summed E-state index contributed by atoms with van der Waals surface area (Å²) in [5.74, 6) is 1.59. The number of ether oxygens (including phenoxy) is 1. The molecule has 0 aromatic carbocycles. The minimum absolute atomic E-state index is 0.203. The number of rotatable bonds is 8. The van der Waals surface area contributed by atoms with E-state index in [2.05, 4.69) is 18.1 Å². The first-order valence-electron chi connectivity index (χ1n) is 7.62. The van der Waals surface area contributed by atoms with Crippen molar-refractivity contribution in [2.24, 2.45) is 0 Å². The van der Waals surface area contributed by atoms with Gasteiger partial charge in [0.2, 0.25) is 0 Å². The Balaban J connectivity index is 2.21. The maximum atomic E-state index is 14.6. The van der Waals surface area contributed by atoms with Crippen LogP contribution >= 0.6 is 23.5 Å². The number of hydrogen-bond acceptors (Lipinski definition) is 11. The molecular formula is C11H15FN3O13P3. The van der Waals surface area contributed by atoms with Crippen LogP contribution < -0.4 is 11.4 Å². The van der Waals surface area contributed by atoms with Crippen molar-refractivity contribution in [3.63, 3.8) is 0 Å². The van der Waals surface area contributed by atoms with Gasteiger partial charge in [0, 0.05) is 6.20 Å². The third-order valence-corrected chi connectivity index (χ3v) is 7.39. The molecule has 0 aliphatic carbocycles. The minimum atomic E-state index is -5.82. The number of phosphoric acid groups is 3. The van der Waals surface area contributed by atoms with Gasteiger partial charge in [-0.2, -0.15) is 13.6 Å². The van der Waals surface area contributed by atoms with Crippen molar-refractivity contribution in [2.45, 2.75) is 24.1 Å². The average Bonchev–Trinajstić information content (AvgIpc) is 2.82. The smallest absolute Gasteiger partial charge is 0.386 e. The first kappa shape index (κ1) is 25.8. The third kappa shape index (κ3) is 6.27. The molecule has 20 heteroatoms. The first-order chi connectivity index (χ1) is 14.0. The fraction of sp³-hybridized carbons (Fsp3) is 0.455. The maximum absolute atomic E-state index is 14.6. The van der Waals surface area contributed by atoms with Crippen molar-refractivity contribution in [2.75, 3.05) is 12.3 Å². The van der Waals surface area contributed by atoms with Gasteiger partial charge in [-0.3, -0.25) is 9.09 Å². The number of phosphoric ester groups is 1. The van der Waals surface area contributed by atoms with Gasteiger partial charge in [-0.25, -0.2) is 22.9 Å². The Kier molecular flexibility index (Phi) is 7.31. The van der Waals surface area contributed by atoms with Gasteiger partial charge in [-0.05, 0) is 6.07 Å². The Morgan fingerprint density at radius 2 is 1.90 bits per heavy atom. The standard InChI is InChI=1S/C11H15FN3O13P3/c1-2-11(5-25-30(21,22)28-31(23,24)27-29(18,19)20)8(16)7(12)9(26-11)15-4-3-6(13)14-10(15)17/h1,3-4,7-9,16H,5H2,(H,21,22)(H,23,24)(H2,13,14,17)(H2,18,19,20)/t7-,8+,9-,11-/m1/s1. The van der Waals surface area contributed by atoms with Crippen LogP contribution in [0.4, 0.5) is 10.2 Å². The second-order valence-electron chi connectivity index (χ2n) is 5.84. The van der Waals surface area contributed by atoms with Crippen molar-refractivity contribution in [3.05, 3.63) is 22.7 Å². The zero-order valence-corrected chi connectivity index (χ0v) is 17.5. The van der Waals surface area contributed by atoms with Gasteiger partial charge in [0.25, 0.3) is 0 Å². The number of halogens is 1. The molecule has 1 aromatic rings. The van der Waals surface area contributed by atoms with E-state index in [0.29, 0.717) is 4.57 Å². The molecule has 1 fully saturated rings. The molecule has 7 N–H and O–H groups in total. The van der Waals surface area contributed by atoms with Crippen LogP contribution in [0.2, 0.25) is 0 Å². The number of alkyl halides is 1. The molecular weight excluding hydrogens is 494 g/mol. The SMILES string of the molecule is C#C[C@]1(COP(=O)(O)OP(=O)(O)OP(=O)(O)O)O[C@@H](n2ccc(N)nc2=O)[C@H](F)[C@@H]1O. The number of anilines is 1. The van der Waals surface area contributed by atoms with Gasteiger partial charge in [-0.1, -0.05) is 5.92 Å². The number of nitrogens with zero attached hydrogens (tertiary/aromatic N) is 2. The number of aliphatic hydroxyl groups excluding tert-OH is 1. The topological polar surface area (TPSA) is 250 Å². The molecule has 31 heavy (non-hydrogen) atoms. The molecule has 0 saturated carbocycles. The van der Waals surface area contributed by atoms with Gasteiger partial charge in [0.15, 0.2) is 18.0 Å². The third-order valence-electron chi connectivity index (χ3n) is 3.61. The Morgan fingerprint density at radius 3 is 2.42 bits per heavy atom. The van der Waals surface area contributed by atoms with Crippen LogP contribution in [-0.4, -0.2) is 58.7 Å². The number of aromatic nitrogens is 2. The summed E-state index contributed by atoms with van der Waals surface area (Å²) in [6.45, 7) is -1.34. The second-order valence-corrected chi connectivity index (χ2v) is 10.3. The summed E-state index contributed by atoms with van der Waals surface area (Å²) >= 11 is 0. The summed E-state index contributed by atoms with van der Waals surface area (Å²) in [6, 6.07) is 1.10. The summed E-state index contributed by atoms with van der Waals surface area (Å²) in [4.78, 5) is 50.8. The van der Waals surface area contributed by atoms with Crippen LogP contribution in [0.25, 0.3) is 0 Å². The Bertz CT molecular complexity index is 1080. The van der Waals surface area contributed by atoms with E-state index in [1.165, 1.54) is 0 Å². The highest BCUT2D eigenvalue weighted by molar-refractivity contribution is 7.66. The van der Waals surface area contributed by atoms with Gasteiger partial charge in [0.1, 0.15) is 18.5 Å². The highest BCUT2D eigenvalue weighted by Crippen LogP contribution is 2.66. The summed E-state index contributed by atoms with van der Waals surface area (Å²) in [5.41, 5.74) is 1.72. The molecule has 2 heterocycles. The second kappa shape index (κ2) is 8.80. The Morgan fingerprint density at radius 1 is 1.29 bits per heavy atom. The highest BCUT2D eigenvalue weighted by Gasteiger charge is 2.57. The van der Waals surface area contributed by atoms with Crippen molar-refractivity contribution < 1.29 is 60.6 Å². The largest absolute Gasteiger partial charge is 0.490 e. The number of terminal acetylenes is 1. The van der Waals surface area contributed by atoms with E-state index in [-0.39, 0.29) is 5.82 Å². The fourth-order valence-electron chi connectivity index (χ4n) is 2.35. The van der Waals surface area contributed by atoms with Crippen molar-refractivity contribution in [3.8, 4) is 12.3 Å². The van der Waals surface area contributed by atoms with Crippen molar-refractivity contribution in [1.82, 2.24) is 9.55 Å². The zero-order chi connectivity index (χ0) is 23.8. The molecule has 0 amide bonds. The molecule has 2 rings (SSSR count). The van der Waals surface area contributed by atoms with Crippen LogP contribution in [0.1, 0.15) is 6.23 Å². The van der Waals surface area contributed by atoms with Crippen LogP contribution in [0.5, 0.6) is 0 Å². The van der Waals surface area contributed by atoms with E-state index in [9.17, 15) is 32.9 Å². The normalized spacial score (nSPS) is 30.3. The van der Waals surface area contributed by atoms with Crippen molar-refractivity contribution >= 4 is 29.3 Å². The number of nitrogen functional groups attached to an aromatic ring is 1. The quantitative estimate of drug-likeness (QED) is 0.177. The minimum Gasteiger partial charge on any atom is -0.386 e. The predicted octanol–water partition coefficient (Wildman–Crippen LogP) is -1.23. The molecule has 2 unspecified atom stereocenters. The molecule has 174 valence electrons. The maximum Gasteiger partial charge on any atom is 0.490 e. The predicted molar refractivity (Wildman–Crippen MR) is 95.3 cm³/mol. The van der Waals surface area contributed by atoms with Crippen molar-refractivity contribution in [1.29, 1.82) is 0 Å². The lowest BCUT2D eigenvalue weighted by Gasteiger charge is -2.26. The molecule has 1 saturated heterocycles. The van der Waals surface area contributed by atoms with Crippen LogP contribution in [-0.2, 0) is 31.6 Å². The fourth-order valence-corrected chi connectivity index (χ4v) is 5.40.